The van der Waals surface area contributed by atoms with Gasteiger partial charge in [0.25, 0.3) is 5.65 Å². The standard InChI is InChI=1S/C18H14N2O2/c1-20-7-3-6-11-15-16-13(22)8-12(21)14(16)9-4-2-5-10(9)17(15)19-18(11)20/h3,6-7H,2,4-5,8H2,1H3/p+1. The molecule has 5 rings (SSSR count). The van der Waals surface area contributed by atoms with Crippen molar-refractivity contribution in [3.63, 3.8) is 0 Å². The molecular weight excluding hydrogens is 276 g/mol. The predicted octanol–water partition coefficient (Wildman–Crippen LogP) is 2.40. The molecule has 0 bridgehead atoms. The third-order valence-electron chi connectivity index (χ3n) is 5.14. The minimum atomic E-state index is -0.0212. The number of aryl methyl sites for hydroxylation is 2. The number of Topliss-reactive ketones (excluding diaryl/α,β-unsaturated/α-hetero) is 2. The van der Waals surface area contributed by atoms with E-state index in [-0.39, 0.29) is 18.0 Å². The Morgan fingerprint density at radius 2 is 1.86 bits per heavy atom. The molecule has 0 spiro atoms. The molecule has 4 heteroatoms. The number of carbonyl (C=O) groups excluding carboxylic acids is 2. The molecular formula is C18H15N2O2+. The van der Waals surface area contributed by atoms with Crippen LogP contribution in [-0.4, -0.2) is 16.6 Å². The lowest BCUT2D eigenvalue weighted by Crippen LogP contribution is -2.27. The van der Waals surface area contributed by atoms with Crippen LogP contribution in [0.1, 0.15) is 44.7 Å². The van der Waals surface area contributed by atoms with E-state index in [2.05, 4.69) is 4.98 Å². The van der Waals surface area contributed by atoms with Crippen molar-refractivity contribution in [2.75, 3.05) is 0 Å². The van der Waals surface area contributed by atoms with Crippen LogP contribution in [-0.2, 0) is 19.9 Å². The molecule has 0 saturated carbocycles. The van der Waals surface area contributed by atoms with E-state index in [1.54, 1.807) is 0 Å². The summed E-state index contributed by atoms with van der Waals surface area (Å²) in [5.41, 5.74) is 5.81. The molecule has 4 nitrogen and oxygen atoms in total. The minimum Gasteiger partial charge on any atom is -0.294 e. The zero-order valence-electron chi connectivity index (χ0n) is 12.3. The van der Waals surface area contributed by atoms with Gasteiger partial charge >= 0.3 is 0 Å². The first-order valence-electron chi connectivity index (χ1n) is 7.71. The van der Waals surface area contributed by atoms with Crippen molar-refractivity contribution in [3.8, 4) is 0 Å². The summed E-state index contributed by atoms with van der Waals surface area (Å²) in [4.78, 5) is 28.4. The highest BCUT2D eigenvalue weighted by molar-refractivity contribution is 6.32. The molecule has 0 amide bonds. The normalized spacial score (nSPS) is 16.8. The molecule has 1 N–H and O–H groups in total. The largest absolute Gasteiger partial charge is 0.294 e. The van der Waals surface area contributed by atoms with Gasteiger partial charge in [-0.25, -0.2) is 9.55 Å². The average Bonchev–Trinajstić information content (AvgIpc) is 3.15. The fourth-order valence-electron chi connectivity index (χ4n) is 4.25. The Kier molecular flexibility index (Phi) is 2.10. The van der Waals surface area contributed by atoms with Crippen LogP contribution < -0.4 is 4.57 Å². The van der Waals surface area contributed by atoms with Gasteiger partial charge in [0.1, 0.15) is 5.52 Å². The van der Waals surface area contributed by atoms with Gasteiger partial charge in [0.05, 0.1) is 25.1 Å². The van der Waals surface area contributed by atoms with E-state index in [0.717, 1.165) is 52.3 Å². The summed E-state index contributed by atoms with van der Waals surface area (Å²) < 4.78 is 2.03. The third-order valence-corrected chi connectivity index (χ3v) is 5.14. The summed E-state index contributed by atoms with van der Waals surface area (Å²) in [5, 5.41) is 1.99. The molecule has 22 heavy (non-hydrogen) atoms. The molecule has 0 aliphatic heterocycles. The van der Waals surface area contributed by atoms with Crippen molar-refractivity contribution < 1.29 is 14.2 Å². The molecule has 108 valence electrons. The maximum atomic E-state index is 12.5. The van der Waals surface area contributed by atoms with Crippen LogP contribution in [0.5, 0.6) is 0 Å². The topological polar surface area (TPSA) is 53.8 Å². The molecule has 2 aliphatic rings. The number of hydrogen-bond acceptors (Lipinski definition) is 2. The Labute approximate surface area is 126 Å². The molecule has 0 radical (unpaired) electrons. The van der Waals surface area contributed by atoms with Gasteiger partial charge in [0, 0.05) is 22.1 Å². The SMILES string of the molecule is C[n+]1cccc2c3c4c(c5c(c3[nH]c21)CCC5)C(=O)CC4=O. The maximum absolute atomic E-state index is 12.5. The van der Waals surface area contributed by atoms with Crippen molar-refractivity contribution in [1.82, 2.24) is 4.98 Å². The zero-order valence-corrected chi connectivity index (χ0v) is 12.3. The number of H-pyrrole nitrogens is 1. The van der Waals surface area contributed by atoms with Gasteiger partial charge in [-0.3, -0.25) is 9.59 Å². The molecule has 2 aromatic heterocycles. The number of hydrogen-bond donors (Lipinski definition) is 1. The summed E-state index contributed by atoms with van der Waals surface area (Å²) in [6.45, 7) is 0. The van der Waals surface area contributed by atoms with E-state index in [1.165, 1.54) is 5.56 Å². The van der Waals surface area contributed by atoms with E-state index in [4.69, 9.17) is 0 Å². The van der Waals surface area contributed by atoms with Gasteiger partial charge in [-0.15, -0.1) is 0 Å². The highest BCUT2D eigenvalue weighted by atomic mass is 16.2. The van der Waals surface area contributed by atoms with Gasteiger partial charge < -0.3 is 0 Å². The Bertz CT molecular complexity index is 1030. The number of rotatable bonds is 0. The number of ketones is 2. The predicted molar refractivity (Wildman–Crippen MR) is 82.3 cm³/mol. The summed E-state index contributed by atoms with van der Waals surface area (Å²) in [6, 6.07) is 4.02. The van der Waals surface area contributed by atoms with E-state index in [0.29, 0.717) is 5.56 Å². The third kappa shape index (κ3) is 1.26. The lowest BCUT2D eigenvalue weighted by Gasteiger charge is -2.06. The lowest BCUT2D eigenvalue weighted by molar-refractivity contribution is -0.646. The molecule has 0 fully saturated rings. The molecule has 0 saturated heterocycles. The quantitative estimate of drug-likeness (QED) is 0.511. The molecule has 3 aromatic rings. The highest BCUT2D eigenvalue weighted by Gasteiger charge is 2.38. The monoisotopic (exact) mass is 291 g/mol. The van der Waals surface area contributed by atoms with Crippen molar-refractivity contribution in [1.29, 1.82) is 0 Å². The summed E-state index contributed by atoms with van der Waals surface area (Å²) in [5.74, 6) is -0.0122. The molecule has 0 unspecified atom stereocenters. The Balaban J connectivity index is 2.11. The first-order valence-corrected chi connectivity index (χ1v) is 7.71. The molecule has 1 aromatic carbocycles. The Hall–Kier alpha value is -2.49. The molecule has 0 atom stereocenters. The summed E-state index contributed by atoms with van der Waals surface area (Å²) in [6.07, 6.45) is 4.98. The zero-order chi connectivity index (χ0) is 15.0. The number of nitrogens with zero attached hydrogens (tertiary/aromatic N) is 1. The van der Waals surface area contributed by atoms with E-state index in [9.17, 15) is 9.59 Å². The number of benzene rings is 1. The second kappa shape index (κ2) is 3.83. The van der Waals surface area contributed by atoms with Crippen LogP contribution in [0.4, 0.5) is 0 Å². The van der Waals surface area contributed by atoms with Crippen LogP contribution in [0, 0.1) is 0 Å². The first-order chi connectivity index (χ1) is 10.7. The summed E-state index contributed by atoms with van der Waals surface area (Å²) >= 11 is 0. The van der Waals surface area contributed by atoms with Gasteiger partial charge in [0.2, 0.25) is 0 Å². The van der Waals surface area contributed by atoms with Crippen molar-refractivity contribution >= 4 is 33.5 Å². The fourth-order valence-corrected chi connectivity index (χ4v) is 4.25. The van der Waals surface area contributed by atoms with Crippen LogP contribution in [0.25, 0.3) is 21.9 Å². The van der Waals surface area contributed by atoms with Gasteiger partial charge in [-0.05, 0) is 37.0 Å². The number of fused-ring (bicyclic) bond motifs is 8. The Morgan fingerprint density at radius 1 is 1.09 bits per heavy atom. The van der Waals surface area contributed by atoms with E-state index < -0.39 is 0 Å². The lowest BCUT2D eigenvalue weighted by atomic mass is 9.94. The van der Waals surface area contributed by atoms with E-state index >= 15 is 0 Å². The average molecular weight is 291 g/mol. The van der Waals surface area contributed by atoms with Gasteiger partial charge in [-0.2, -0.15) is 0 Å². The fraction of sp³-hybridized carbons (Fsp3) is 0.278. The molecule has 2 aliphatic carbocycles. The van der Waals surface area contributed by atoms with E-state index in [1.807, 2.05) is 29.9 Å². The number of carbonyl (C=O) groups is 2. The number of aromatic amines is 1. The summed E-state index contributed by atoms with van der Waals surface area (Å²) in [7, 11) is 1.99. The second-order valence-electron chi connectivity index (χ2n) is 6.34. The van der Waals surface area contributed by atoms with Gasteiger partial charge in [0.15, 0.2) is 11.6 Å². The smallest absolute Gasteiger partial charge is 0.287 e. The highest BCUT2D eigenvalue weighted by Crippen LogP contribution is 2.42. The second-order valence-corrected chi connectivity index (χ2v) is 6.34. The van der Waals surface area contributed by atoms with Crippen molar-refractivity contribution in [3.05, 3.63) is 40.6 Å². The Morgan fingerprint density at radius 3 is 2.73 bits per heavy atom. The minimum absolute atomic E-state index is 0.00899. The van der Waals surface area contributed by atoms with Crippen molar-refractivity contribution in [2.45, 2.75) is 25.7 Å². The van der Waals surface area contributed by atoms with Crippen molar-refractivity contribution in [2.24, 2.45) is 7.05 Å². The number of aromatic nitrogens is 2. The maximum Gasteiger partial charge on any atom is 0.287 e. The van der Waals surface area contributed by atoms with Gasteiger partial charge in [-0.1, -0.05) is 0 Å². The van der Waals surface area contributed by atoms with Crippen LogP contribution in [0.3, 0.4) is 0 Å². The first kappa shape index (κ1) is 12.1. The van der Waals surface area contributed by atoms with Crippen LogP contribution in [0.15, 0.2) is 18.3 Å². The van der Waals surface area contributed by atoms with Crippen LogP contribution >= 0.6 is 0 Å². The number of pyridine rings is 1. The molecule has 2 heterocycles. The number of nitrogens with one attached hydrogen (secondary N) is 1. The van der Waals surface area contributed by atoms with Crippen LogP contribution in [0.2, 0.25) is 0 Å².